The third kappa shape index (κ3) is 1.74. The van der Waals surface area contributed by atoms with Crippen LogP contribution in [0.4, 0.5) is 0 Å². The van der Waals surface area contributed by atoms with E-state index in [0.29, 0.717) is 0 Å². The molecule has 2 nitrogen and oxygen atoms in total. The van der Waals surface area contributed by atoms with Crippen LogP contribution in [0.25, 0.3) is 0 Å². The van der Waals surface area contributed by atoms with Crippen LogP contribution in [-0.4, -0.2) is 0 Å². The molecular formula is C11H13NOS. The molecule has 2 aromatic rings. The van der Waals surface area contributed by atoms with E-state index in [1.165, 1.54) is 0 Å². The predicted molar refractivity (Wildman–Crippen MR) is 58.4 cm³/mol. The molecule has 2 heterocycles. The fourth-order valence-corrected chi connectivity index (χ4v) is 2.06. The van der Waals surface area contributed by atoms with E-state index < -0.39 is 0 Å². The lowest BCUT2D eigenvalue weighted by Crippen LogP contribution is -2.09. The van der Waals surface area contributed by atoms with Crippen molar-refractivity contribution in [2.75, 3.05) is 0 Å². The second-order valence-electron chi connectivity index (χ2n) is 3.19. The Bertz CT molecular complexity index is 391. The highest BCUT2D eigenvalue weighted by Crippen LogP contribution is 2.23. The van der Waals surface area contributed by atoms with Crippen LogP contribution < -0.4 is 5.73 Å². The van der Waals surface area contributed by atoms with Gasteiger partial charge in [0.15, 0.2) is 0 Å². The van der Waals surface area contributed by atoms with Gasteiger partial charge in [0, 0.05) is 6.42 Å². The largest absolute Gasteiger partial charge is 0.464 e. The standard InChI is InChI=1S/C11H13NOS/c1-2-9-3-4-10(13-9)11(12)8-5-6-14-7-8/h3-7,11H,2,12H2,1H3/t11-/m1/s1. The minimum Gasteiger partial charge on any atom is -0.464 e. The summed E-state index contributed by atoms with van der Waals surface area (Å²) >= 11 is 1.65. The molecule has 2 rings (SSSR count). The normalized spacial score (nSPS) is 13.0. The first kappa shape index (κ1) is 9.49. The van der Waals surface area contributed by atoms with Gasteiger partial charge in [-0.2, -0.15) is 11.3 Å². The molecule has 14 heavy (non-hydrogen) atoms. The minimum atomic E-state index is -0.124. The fraction of sp³-hybridized carbons (Fsp3) is 0.273. The quantitative estimate of drug-likeness (QED) is 0.840. The Kier molecular flexibility index (Phi) is 2.70. The molecule has 0 saturated carbocycles. The van der Waals surface area contributed by atoms with Crippen molar-refractivity contribution in [2.24, 2.45) is 5.73 Å². The fourth-order valence-electron chi connectivity index (χ4n) is 1.37. The molecule has 0 fully saturated rings. The Morgan fingerprint density at radius 1 is 1.43 bits per heavy atom. The SMILES string of the molecule is CCc1ccc([C@H](N)c2ccsc2)o1. The van der Waals surface area contributed by atoms with Crippen LogP contribution in [0.3, 0.4) is 0 Å². The Hall–Kier alpha value is -1.06. The lowest BCUT2D eigenvalue weighted by molar-refractivity contribution is 0.454. The number of rotatable bonds is 3. The first-order chi connectivity index (χ1) is 6.81. The molecule has 0 aliphatic heterocycles. The Balaban J connectivity index is 2.23. The van der Waals surface area contributed by atoms with Crippen molar-refractivity contribution < 1.29 is 4.42 Å². The number of aryl methyl sites for hydroxylation is 1. The van der Waals surface area contributed by atoms with Crippen LogP contribution in [0, 0.1) is 0 Å². The molecule has 0 aliphatic carbocycles. The highest BCUT2D eigenvalue weighted by Gasteiger charge is 2.12. The van der Waals surface area contributed by atoms with E-state index in [1.807, 2.05) is 23.6 Å². The van der Waals surface area contributed by atoms with Gasteiger partial charge in [0.1, 0.15) is 11.5 Å². The van der Waals surface area contributed by atoms with E-state index in [2.05, 4.69) is 12.3 Å². The van der Waals surface area contributed by atoms with Gasteiger partial charge in [-0.1, -0.05) is 6.92 Å². The van der Waals surface area contributed by atoms with E-state index in [0.717, 1.165) is 23.5 Å². The topological polar surface area (TPSA) is 39.2 Å². The van der Waals surface area contributed by atoms with Crippen molar-refractivity contribution in [3.63, 3.8) is 0 Å². The second kappa shape index (κ2) is 3.98. The number of furan rings is 1. The summed E-state index contributed by atoms with van der Waals surface area (Å²) < 4.78 is 5.60. The molecule has 74 valence electrons. The monoisotopic (exact) mass is 207 g/mol. The maximum Gasteiger partial charge on any atom is 0.125 e. The summed E-state index contributed by atoms with van der Waals surface area (Å²) in [6.07, 6.45) is 0.913. The Morgan fingerprint density at radius 2 is 2.29 bits per heavy atom. The van der Waals surface area contributed by atoms with Gasteiger partial charge < -0.3 is 10.2 Å². The van der Waals surface area contributed by atoms with E-state index in [-0.39, 0.29) is 6.04 Å². The van der Waals surface area contributed by atoms with Gasteiger partial charge in [-0.15, -0.1) is 0 Å². The molecule has 2 aromatic heterocycles. The Morgan fingerprint density at radius 3 is 2.86 bits per heavy atom. The summed E-state index contributed by atoms with van der Waals surface area (Å²) in [7, 11) is 0. The molecule has 0 aromatic carbocycles. The molecular weight excluding hydrogens is 194 g/mol. The van der Waals surface area contributed by atoms with Crippen molar-refractivity contribution in [1.82, 2.24) is 0 Å². The zero-order valence-corrected chi connectivity index (χ0v) is 8.88. The van der Waals surface area contributed by atoms with Crippen LogP contribution in [0.15, 0.2) is 33.4 Å². The third-order valence-electron chi connectivity index (χ3n) is 2.24. The number of hydrogen-bond acceptors (Lipinski definition) is 3. The van der Waals surface area contributed by atoms with E-state index in [4.69, 9.17) is 10.2 Å². The van der Waals surface area contributed by atoms with E-state index >= 15 is 0 Å². The zero-order chi connectivity index (χ0) is 9.97. The van der Waals surface area contributed by atoms with Crippen molar-refractivity contribution in [2.45, 2.75) is 19.4 Å². The van der Waals surface area contributed by atoms with E-state index in [1.54, 1.807) is 11.3 Å². The van der Waals surface area contributed by atoms with Crippen LogP contribution >= 0.6 is 11.3 Å². The maximum atomic E-state index is 6.04. The summed E-state index contributed by atoms with van der Waals surface area (Å²) in [4.78, 5) is 0. The molecule has 0 spiro atoms. The van der Waals surface area contributed by atoms with Crippen molar-refractivity contribution in [1.29, 1.82) is 0 Å². The molecule has 0 amide bonds. The molecule has 3 heteroatoms. The van der Waals surface area contributed by atoms with Crippen LogP contribution in [0.1, 0.15) is 30.0 Å². The van der Waals surface area contributed by atoms with Crippen LogP contribution in [-0.2, 0) is 6.42 Å². The molecule has 1 atom stereocenters. The average molecular weight is 207 g/mol. The average Bonchev–Trinajstić information content (AvgIpc) is 2.88. The highest BCUT2D eigenvalue weighted by molar-refractivity contribution is 7.07. The van der Waals surface area contributed by atoms with Gasteiger partial charge in [-0.3, -0.25) is 0 Å². The number of nitrogens with two attached hydrogens (primary N) is 1. The summed E-state index contributed by atoms with van der Waals surface area (Å²) in [5, 5.41) is 4.08. The molecule has 0 bridgehead atoms. The highest BCUT2D eigenvalue weighted by atomic mass is 32.1. The van der Waals surface area contributed by atoms with Gasteiger partial charge in [-0.25, -0.2) is 0 Å². The van der Waals surface area contributed by atoms with Gasteiger partial charge in [0.05, 0.1) is 6.04 Å². The third-order valence-corrected chi connectivity index (χ3v) is 2.94. The molecule has 0 unspecified atom stereocenters. The summed E-state index contributed by atoms with van der Waals surface area (Å²) in [5.74, 6) is 1.84. The zero-order valence-electron chi connectivity index (χ0n) is 8.07. The first-order valence-corrected chi connectivity index (χ1v) is 5.62. The minimum absolute atomic E-state index is 0.124. The maximum absolute atomic E-state index is 6.04. The van der Waals surface area contributed by atoms with Crippen LogP contribution in [0.2, 0.25) is 0 Å². The summed E-state index contributed by atoms with van der Waals surface area (Å²) in [6, 6.07) is 5.85. The molecule has 0 radical (unpaired) electrons. The van der Waals surface area contributed by atoms with Crippen molar-refractivity contribution in [3.8, 4) is 0 Å². The van der Waals surface area contributed by atoms with Crippen LogP contribution in [0.5, 0.6) is 0 Å². The lowest BCUT2D eigenvalue weighted by Gasteiger charge is -2.05. The van der Waals surface area contributed by atoms with Gasteiger partial charge in [0.25, 0.3) is 0 Å². The van der Waals surface area contributed by atoms with Crippen molar-refractivity contribution in [3.05, 3.63) is 46.0 Å². The summed E-state index contributed by atoms with van der Waals surface area (Å²) in [6.45, 7) is 2.07. The second-order valence-corrected chi connectivity index (χ2v) is 3.97. The number of hydrogen-bond donors (Lipinski definition) is 1. The smallest absolute Gasteiger partial charge is 0.125 e. The molecule has 0 aliphatic rings. The summed E-state index contributed by atoms with van der Waals surface area (Å²) in [5.41, 5.74) is 7.16. The molecule has 0 saturated heterocycles. The first-order valence-electron chi connectivity index (χ1n) is 4.67. The number of thiophene rings is 1. The molecule has 2 N–H and O–H groups in total. The van der Waals surface area contributed by atoms with Crippen molar-refractivity contribution >= 4 is 11.3 Å². The van der Waals surface area contributed by atoms with E-state index in [9.17, 15) is 0 Å². The Labute approximate surface area is 87.4 Å². The predicted octanol–water partition coefficient (Wildman–Crippen LogP) is 2.95. The van der Waals surface area contributed by atoms with Gasteiger partial charge >= 0.3 is 0 Å². The lowest BCUT2D eigenvalue weighted by atomic mass is 10.1. The van der Waals surface area contributed by atoms with Gasteiger partial charge in [-0.05, 0) is 34.5 Å². The van der Waals surface area contributed by atoms with Gasteiger partial charge in [0.2, 0.25) is 0 Å².